The second-order valence-electron chi connectivity index (χ2n) is 6.26. The van der Waals surface area contributed by atoms with Crippen LogP contribution >= 0.6 is 0 Å². The Bertz CT molecular complexity index is 878. The molecule has 3 aromatic heterocycles. The van der Waals surface area contributed by atoms with Crippen molar-refractivity contribution in [3.8, 4) is 6.07 Å². The molecule has 0 aromatic carbocycles. The summed E-state index contributed by atoms with van der Waals surface area (Å²) >= 11 is 0. The summed E-state index contributed by atoms with van der Waals surface area (Å²) < 4.78 is 3.79. The molecule has 7 nitrogen and oxygen atoms in total. The van der Waals surface area contributed by atoms with E-state index in [1.807, 2.05) is 35.2 Å². The molecule has 0 saturated heterocycles. The number of anilines is 1. The van der Waals surface area contributed by atoms with Gasteiger partial charge in [-0.25, -0.2) is 9.97 Å². The standard InChI is InChI=1S/C17H18N6O/c18-9-14-17(21-16-3-1-2-5-23(14)16)20-13-7-12(8-15(13)24)10-22-6-4-19-11-22/h1-6,11-13,15,20,24H,7-8,10H2/t12?,13-,15-/m1/s1. The van der Waals surface area contributed by atoms with Gasteiger partial charge in [0.15, 0.2) is 11.5 Å². The predicted molar refractivity (Wildman–Crippen MR) is 88.3 cm³/mol. The molecule has 3 atom stereocenters. The molecule has 122 valence electrons. The first-order valence-corrected chi connectivity index (χ1v) is 8.02. The molecule has 1 saturated carbocycles. The van der Waals surface area contributed by atoms with Crippen LogP contribution < -0.4 is 5.32 Å². The van der Waals surface area contributed by atoms with Crippen molar-refractivity contribution in [3.05, 3.63) is 48.8 Å². The molecular formula is C17H18N6O. The van der Waals surface area contributed by atoms with Crippen LogP contribution in [0.2, 0.25) is 0 Å². The van der Waals surface area contributed by atoms with Gasteiger partial charge in [0, 0.05) is 25.1 Å². The highest BCUT2D eigenvalue weighted by Gasteiger charge is 2.34. The maximum absolute atomic E-state index is 10.4. The van der Waals surface area contributed by atoms with E-state index in [0.717, 1.165) is 25.0 Å². The second kappa shape index (κ2) is 5.98. The van der Waals surface area contributed by atoms with Crippen molar-refractivity contribution in [2.45, 2.75) is 31.5 Å². The highest BCUT2D eigenvalue weighted by molar-refractivity contribution is 5.59. The average molecular weight is 322 g/mol. The SMILES string of the molecule is N#Cc1c(N[C@@H]2CC(Cn3ccnc3)C[C@H]2O)nc2ccccn12. The number of aliphatic hydroxyl groups is 1. The van der Waals surface area contributed by atoms with E-state index in [1.54, 1.807) is 16.9 Å². The van der Waals surface area contributed by atoms with Gasteiger partial charge in [-0.3, -0.25) is 4.40 Å². The van der Waals surface area contributed by atoms with Gasteiger partial charge in [-0.1, -0.05) is 6.07 Å². The van der Waals surface area contributed by atoms with Crippen molar-refractivity contribution in [3.63, 3.8) is 0 Å². The molecule has 1 fully saturated rings. The minimum Gasteiger partial charge on any atom is -0.391 e. The topological polar surface area (TPSA) is 91.2 Å². The highest BCUT2D eigenvalue weighted by atomic mass is 16.3. The Kier molecular flexibility index (Phi) is 3.67. The molecule has 0 amide bonds. The zero-order valence-electron chi connectivity index (χ0n) is 13.1. The van der Waals surface area contributed by atoms with Crippen molar-refractivity contribution < 1.29 is 5.11 Å². The number of hydrogen-bond acceptors (Lipinski definition) is 5. The number of aromatic nitrogens is 4. The normalized spacial score (nSPS) is 23.4. The maximum Gasteiger partial charge on any atom is 0.168 e. The summed E-state index contributed by atoms with van der Waals surface area (Å²) in [6.45, 7) is 0.839. The van der Waals surface area contributed by atoms with Crippen molar-refractivity contribution in [1.82, 2.24) is 18.9 Å². The lowest BCUT2D eigenvalue weighted by molar-refractivity contribution is 0.166. The first-order valence-electron chi connectivity index (χ1n) is 8.02. The maximum atomic E-state index is 10.4. The molecule has 0 aliphatic heterocycles. The van der Waals surface area contributed by atoms with Crippen LogP contribution in [0.5, 0.6) is 0 Å². The van der Waals surface area contributed by atoms with Gasteiger partial charge < -0.3 is 15.0 Å². The Balaban J connectivity index is 1.52. The smallest absolute Gasteiger partial charge is 0.168 e. The average Bonchev–Trinajstić information content (AvgIpc) is 3.28. The summed E-state index contributed by atoms with van der Waals surface area (Å²) in [5.41, 5.74) is 1.19. The lowest BCUT2D eigenvalue weighted by Crippen LogP contribution is -2.28. The zero-order chi connectivity index (χ0) is 16.5. The first kappa shape index (κ1) is 14.7. The Morgan fingerprint density at radius 1 is 1.33 bits per heavy atom. The monoisotopic (exact) mass is 322 g/mol. The molecule has 0 spiro atoms. The van der Waals surface area contributed by atoms with Gasteiger partial charge in [0.05, 0.1) is 18.5 Å². The Morgan fingerprint density at radius 3 is 3.04 bits per heavy atom. The van der Waals surface area contributed by atoms with Gasteiger partial charge in [0.25, 0.3) is 0 Å². The van der Waals surface area contributed by atoms with E-state index in [1.165, 1.54) is 0 Å². The lowest BCUT2D eigenvalue weighted by Gasteiger charge is -2.16. The second-order valence-corrected chi connectivity index (χ2v) is 6.26. The molecule has 1 aliphatic carbocycles. The first-order chi connectivity index (χ1) is 11.7. The third-order valence-electron chi connectivity index (χ3n) is 4.61. The van der Waals surface area contributed by atoms with Crippen LogP contribution in [0.15, 0.2) is 43.1 Å². The number of rotatable bonds is 4. The van der Waals surface area contributed by atoms with Gasteiger partial charge >= 0.3 is 0 Å². The van der Waals surface area contributed by atoms with Gasteiger partial charge in [-0.05, 0) is 30.9 Å². The Hall–Kier alpha value is -2.85. The van der Waals surface area contributed by atoms with Crippen LogP contribution in [0.3, 0.4) is 0 Å². The quantitative estimate of drug-likeness (QED) is 0.762. The number of fused-ring (bicyclic) bond motifs is 1. The minimum atomic E-state index is -0.449. The van der Waals surface area contributed by atoms with Gasteiger partial charge in [0.1, 0.15) is 11.7 Å². The summed E-state index contributed by atoms with van der Waals surface area (Å²) in [7, 11) is 0. The van der Waals surface area contributed by atoms with Crippen LogP contribution in [0.25, 0.3) is 5.65 Å². The molecule has 3 aromatic rings. The zero-order valence-corrected chi connectivity index (χ0v) is 13.1. The fourth-order valence-corrected chi connectivity index (χ4v) is 3.49. The van der Waals surface area contributed by atoms with E-state index in [-0.39, 0.29) is 6.04 Å². The van der Waals surface area contributed by atoms with Crippen LogP contribution in [-0.2, 0) is 6.54 Å². The van der Waals surface area contributed by atoms with E-state index < -0.39 is 6.10 Å². The third-order valence-corrected chi connectivity index (χ3v) is 4.61. The largest absolute Gasteiger partial charge is 0.391 e. The summed E-state index contributed by atoms with van der Waals surface area (Å²) in [6.07, 6.45) is 8.42. The minimum absolute atomic E-state index is 0.101. The molecule has 2 N–H and O–H groups in total. The number of imidazole rings is 2. The van der Waals surface area contributed by atoms with Crippen molar-refractivity contribution in [2.24, 2.45) is 5.92 Å². The summed E-state index contributed by atoms with van der Waals surface area (Å²) in [6, 6.07) is 7.71. The van der Waals surface area contributed by atoms with Gasteiger partial charge in [-0.2, -0.15) is 5.26 Å². The van der Waals surface area contributed by atoms with E-state index >= 15 is 0 Å². The van der Waals surface area contributed by atoms with Crippen molar-refractivity contribution >= 4 is 11.5 Å². The van der Waals surface area contributed by atoms with E-state index in [0.29, 0.717) is 17.4 Å². The van der Waals surface area contributed by atoms with Crippen LogP contribution in [0.1, 0.15) is 18.5 Å². The number of pyridine rings is 1. The van der Waals surface area contributed by atoms with Crippen molar-refractivity contribution in [2.75, 3.05) is 5.32 Å². The lowest BCUT2D eigenvalue weighted by atomic mass is 10.1. The van der Waals surface area contributed by atoms with Crippen molar-refractivity contribution in [1.29, 1.82) is 5.26 Å². The van der Waals surface area contributed by atoms with E-state index in [2.05, 4.69) is 21.4 Å². The molecule has 0 bridgehead atoms. The summed E-state index contributed by atoms with van der Waals surface area (Å²) in [5, 5.41) is 23.1. The number of hydrogen-bond donors (Lipinski definition) is 2. The third kappa shape index (κ3) is 2.61. The predicted octanol–water partition coefficient (Wildman–Crippen LogP) is 1.65. The molecular weight excluding hydrogens is 304 g/mol. The number of aliphatic hydroxyl groups excluding tert-OH is 1. The van der Waals surface area contributed by atoms with Gasteiger partial charge in [0.2, 0.25) is 0 Å². The number of nitrogens with zero attached hydrogens (tertiary/aromatic N) is 5. The van der Waals surface area contributed by atoms with Crippen LogP contribution in [-0.4, -0.2) is 36.2 Å². The number of nitrogens with one attached hydrogen (secondary N) is 1. The Morgan fingerprint density at radius 2 is 2.25 bits per heavy atom. The fraction of sp³-hybridized carbons (Fsp3) is 0.353. The molecule has 24 heavy (non-hydrogen) atoms. The molecule has 3 heterocycles. The highest BCUT2D eigenvalue weighted by Crippen LogP contribution is 2.30. The molecule has 1 aliphatic rings. The molecule has 0 radical (unpaired) electrons. The Labute approximate surface area is 139 Å². The van der Waals surface area contributed by atoms with Crippen LogP contribution in [0.4, 0.5) is 5.82 Å². The van der Waals surface area contributed by atoms with E-state index in [4.69, 9.17) is 0 Å². The van der Waals surface area contributed by atoms with E-state index in [9.17, 15) is 10.4 Å². The van der Waals surface area contributed by atoms with Crippen LogP contribution in [0, 0.1) is 17.2 Å². The fourth-order valence-electron chi connectivity index (χ4n) is 3.49. The summed E-state index contributed by atoms with van der Waals surface area (Å²) in [5.74, 6) is 0.908. The number of nitriles is 1. The summed E-state index contributed by atoms with van der Waals surface area (Å²) in [4.78, 5) is 8.54. The van der Waals surface area contributed by atoms with Gasteiger partial charge in [-0.15, -0.1) is 0 Å². The molecule has 4 rings (SSSR count). The molecule has 7 heteroatoms. The molecule has 1 unspecified atom stereocenters.